The van der Waals surface area contributed by atoms with Gasteiger partial charge in [0.05, 0.1) is 5.56 Å². The summed E-state index contributed by atoms with van der Waals surface area (Å²) in [6.45, 7) is 4.38. The lowest BCUT2D eigenvalue weighted by atomic mass is 9.76. The monoisotopic (exact) mass is 486 g/mol. The highest BCUT2D eigenvalue weighted by atomic mass is 19.3. The maximum atomic E-state index is 15.2. The van der Waals surface area contributed by atoms with Crippen LogP contribution in [0.2, 0.25) is 0 Å². The molecule has 4 heteroatoms. The van der Waals surface area contributed by atoms with Crippen LogP contribution in [0.4, 0.5) is 13.2 Å². The number of ether oxygens (including phenoxy) is 1. The summed E-state index contributed by atoms with van der Waals surface area (Å²) in [4.78, 5) is 0. The molecule has 0 atom stereocenters. The van der Waals surface area contributed by atoms with Crippen LogP contribution in [0.25, 0.3) is 11.1 Å². The second-order valence-corrected chi connectivity index (χ2v) is 10.7. The van der Waals surface area contributed by atoms with Gasteiger partial charge in [-0.1, -0.05) is 89.5 Å². The summed E-state index contributed by atoms with van der Waals surface area (Å²) in [5.41, 5.74) is 2.13. The Labute approximate surface area is 209 Å². The third-order valence-corrected chi connectivity index (χ3v) is 8.14. The summed E-state index contributed by atoms with van der Waals surface area (Å²) < 4.78 is 50.6. The zero-order valence-electron chi connectivity index (χ0n) is 21.5. The van der Waals surface area contributed by atoms with Crippen LogP contribution in [0.15, 0.2) is 30.3 Å². The molecule has 1 aliphatic heterocycles. The van der Waals surface area contributed by atoms with E-state index in [2.05, 4.69) is 13.8 Å². The number of alkyl halides is 2. The summed E-state index contributed by atoms with van der Waals surface area (Å²) in [7, 11) is 0. The van der Waals surface area contributed by atoms with Crippen LogP contribution < -0.4 is 4.74 Å². The first kappa shape index (κ1) is 26.1. The fourth-order valence-electron chi connectivity index (χ4n) is 5.96. The van der Waals surface area contributed by atoms with E-state index in [4.69, 9.17) is 4.74 Å². The Morgan fingerprint density at radius 3 is 2.26 bits per heavy atom. The molecule has 1 aliphatic carbocycles. The van der Waals surface area contributed by atoms with Gasteiger partial charge in [-0.05, 0) is 73.1 Å². The highest BCUT2D eigenvalue weighted by Gasteiger charge is 2.44. The van der Waals surface area contributed by atoms with E-state index in [9.17, 15) is 0 Å². The van der Waals surface area contributed by atoms with Gasteiger partial charge in [0.2, 0.25) is 0 Å². The molecule has 0 saturated heterocycles. The van der Waals surface area contributed by atoms with Gasteiger partial charge in [0.1, 0.15) is 0 Å². The van der Waals surface area contributed by atoms with Gasteiger partial charge in [-0.15, -0.1) is 0 Å². The molecule has 2 aliphatic rings. The fraction of sp³-hybridized carbons (Fsp3) is 0.613. The predicted molar refractivity (Wildman–Crippen MR) is 138 cm³/mol. The molecule has 1 saturated carbocycles. The molecular formula is C31H41F3O. The van der Waals surface area contributed by atoms with E-state index in [0.717, 1.165) is 50.0 Å². The molecule has 0 amide bonds. The lowest BCUT2D eigenvalue weighted by molar-refractivity contribution is -0.188. The number of benzene rings is 2. The largest absolute Gasteiger partial charge is 0.427 e. The minimum Gasteiger partial charge on any atom is -0.425 e. The van der Waals surface area contributed by atoms with Crippen molar-refractivity contribution in [2.24, 2.45) is 5.92 Å². The fourth-order valence-corrected chi connectivity index (χ4v) is 5.96. The molecule has 192 valence electrons. The van der Waals surface area contributed by atoms with Crippen molar-refractivity contribution in [3.63, 3.8) is 0 Å². The van der Waals surface area contributed by atoms with E-state index >= 15 is 13.2 Å². The molecule has 0 spiro atoms. The number of hydrogen-bond donors (Lipinski definition) is 0. The van der Waals surface area contributed by atoms with Gasteiger partial charge in [0.25, 0.3) is 0 Å². The first-order valence-corrected chi connectivity index (χ1v) is 14.0. The second-order valence-electron chi connectivity index (χ2n) is 10.7. The smallest absolute Gasteiger partial charge is 0.425 e. The third kappa shape index (κ3) is 6.06. The van der Waals surface area contributed by atoms with E-state index < -0.39 is 11.9 Å². The van der Waals surface area contributed by atoms with E-state index in [1.165, 1.54) is 44.9 Å². The molecule has 0 N–H and O–H groups in total. The number of aryl methyl sites for hydroxylation is 1. The Hall–Kier alpha value is -1.97. The van der Waals surface area contributed by atoms with Gasteiger partial charge in [-0.2, -0.15) is 8.78 Å². The lowest BCUT2D eigenvalue weighted by Gasteiger charge is -2.32. The van der Waals surface area contributed by atoms with E-state index in [1.807, 2.05) is 6.07 Å². The second kappa shape index (κ2) is 11.8. The van der Waals surface area contributed by atoms with Gasteiger partial charge >= 0.3 is 6.11 Å². The summed E-state index contributed by atoms with van der Waals surface area (Å²) in [5, 5.41) is 0. The van der Waals surface area contributed by atoms with Crippen molar-refractivity contribution in [1.82, 2.24) is 0 Å². The first-order chi connectivity index (χ1) is 16.9. The molecule has 2 aromatic carbocycles. The number of fused-ring (bicyclic) bond motifs is 3. The minimum atomic E-state index is -3.53. The van der Waals surface area contributed by atoms with Crippen molar-refractivity contribution < 1.29 is 17.9 Å². The Balaban J connectivity index is 1.49. The van der Waals surface area contributed by atoms with Crippen LogP contribution in [0, 0.1) is 11.7 Å². The zero-order chi connectivity index (χ0) is 24.8. The number of halogens is 3. The Kier molecular flexibility index (Phi) is 8.83. The molecule has 2 aromatic rings. The SMILES string of the molecule is CCCCCCCc1ccc2c(c1F)OC(F)(F)c1cc(C3CCC(CCCCC)CC3)ccc1-2. The number of hydrogen-bond acceptors (Lipinski definition) is 1. The van der Waals surface area contributed by atoms with E-state index in [-0.39, 0.29) is 11.3 Å². The summed E-state index contributed by atoms with van der Waals surface area (Å²) in [6.07, 6.45) is 11.9. The number of rotatable bonds is 11. The van der Waals surface area contributed by atoms with Crippen LogP contribution in [-0.2, 0) is 12.5 Å². The normalized spacial score (nSPS) is 20.7. The molecule has 0 bridgehead atoms. The standard InChI is InChI=1S/C31H41F3O/c1-3-5-7-8-10-12-24-17-20-27-26-19-18-25(21-28(26)31(33,34)35-30(27)29(24)32)23-15-13-22(14-16-23)11-9-6-4-2/h17-23H,3-16H2,1-2H3. The van der Waals surface area contributed by atoms with Crippen molar-refractivity contribution in [2.45, 2.75) is 116 Å². The lowest BCUT2D eigenvalue weighted by Crippen LogP contribution is -2.28. The maximum Gasteiger partial charge on any atom is 0.427 e. The van der Waals surface area contributed by atoms with Crippen molar-refractivity contribution in [3.8, 4) is 16.9 Å². The van der Waals surface area contributed by atoms with Gasteiger partial charge < -0.3 is 4.74 Å². The molecule has 4 rings (SSSR count). The molecular weight excluding hydrogens is 445 g/mol. The quantitative estimate of drug-likeness (QED) is 0.287. The highest BCUT2D eigenvalue weighted by Crippen LogP contribution is 2.50. The summed E-state index contributed by atoms with van der Waals surface area (Å²) >= 11 is 0. The predicted octanol–water partition coefficient (Wildman–Crippen LogP) is 10.3. The van der Waals surface area contributed by atoms with Gasteiger partial charge in [0.15, 0.2) is 11.6 Å². The molecule has 0 unspecified atom stereocenters. The average Bonchev–Trinajstić information content (AvgIpc) is 2.86. The first-order valence-electron chi connectivity index (χ1n) is 14.0. The van der Waals surface area contributed by atoms with E-state index in [1.54, 1.807) is 24.3 Å². The van der Waals surface area contributed by atoms with Crippen LogP contribution >= 0.6 is 0 Å². The van der Waals surface area contributed by atoms with Crippen LogP contribution in [-0.4, -0.2) is 0 Å². The average molecular weight is 487 g/mol. The summed E-state index contributed by atoms with van der Waals surface area (Å²) in [5.74, 6) is 0.158. The Morgan fingerprint density at radius 1 is 0.829 bits per heavy atom. The van der Waals surface area contributed by atoms with Crippen LogP contribution in [0.5, 0.6) is 5.75 Å². The number of unbranched alkanes of at least 4 members (excludes halogenated alkanes) is 6. The molecule has 1 heterocycles. The van der Waals surface area contributed by atoms with Crippen LogP contribution in [0.1, 0.15) is 120 Å². The van der Waals surface area contributed by atoms with Gasteiger partial charge in [0, 0.05) is 5.56 Å². The molecule has 1 nitrogen and oxygen atoms in total. The van der Waals surface area contributed by atoms with Gasteiger partial charge in [-0.3, -0.25) is 0 Å². The Bertz CT molecular complexity index is 975. The molecule has 35 heavy (non-hydrogen) atoms. The minimum absolute atomic E-state index is 0.126. The van der Waals surface area contributed by atoms with Crippen molar-refractivity contribution in [1.29, 1.82) is 0 Å². The third-order valence-electron chi connectivity index (χ3n) is 8.14. The maximum absolute atomic E-state index is 15.2. The highest BCUT2D eigenvalue weighted by molar-refractivity contribution is 5.77. The zero-order valence-corrected chi connectivity index (χ0v) is 21.5. The molecule has 1 fully saturated rings. The van der Waals surface area contributed by atoms with E-state index in [0.29, 0.717) is 29.0 Å². The molecule has 0 aromatic heterocycles. The van der Waals surface area contributed by atoms with Crippen LogP contribution in [0.3, 0.4) is 0 Å². The topological polar surface area (TPSA) is 9.23 Å². The Morgan fingerprint density at radius 2 is 1.51 bits per heavy atom. The van der Waals surface area contributed by atoms with Crippen molar-refractivity contribution >= 4 is 0 Å². The molecule has 0 radical (unpaired) electrons. The van der Waals surface area contributed by atoms with Crippen molar-refractivity contribution in [3.05, 3.63) is 52.8 Å². The summed E-state index contributed by atoms with van der Waals surface area (Å²) in [6, 6.07) is 8.87. The van der Waals surface area contributed by atoms with Crippen molar-refractivity contribution in [2.75, 3.05) is 0 Å². The van der Waals surface area contributed by atoms with Gasteiger partial charge in [-0.25, -0.2) is 4.39 Å².